The van der Waals surface area contributed by atoms with E-state index in [0.29, 0.717) is 22.0 Å². The van der Waals surface area contributed by atoms with Gasteiger partial charge < -0.3 is 15.0 Å². The number of aliphatic hydroxyl groups excluding tert-OH is 1. The number of nitrogens with one attached hydrogen (secondary N) is 1. The molecular weight excluding hydrogens is 397 g/mol. The van der Waals surface area contributed by atoms with Crippen molar-refractivity contribution in [3.05, 3.63) is 75.7 Å². The molecule has 158 valence electrons. The summed E-state index contributed by atoms with van der Waals surface area (Å²) in [5, 5.41) is 13.1. The number of benzene rings is 2. The van der Waals surface area contributed by atoms with Crippen LogP contribution < -0.4 is 10.9 Å². The standard InChI is InChI=1S/C22H21F3N2O3/c1-13-3-8-18-17(9-10-27(21(18)30)14(2)12-28)20(13)26-19(29)11-15-4-6-16(7-5-15)22(23,24)25/h3-10,14,28H,11-12H2,1-2H3,(H,26,29). The second kappa shape index (κ2) is 8.31. The zero-order chi connectivity index (χ0) is 22.1. The number of pyridine rings is 1. The van der Waals surface area contributed by atoms with Gasteiger partial charge in [0.1, 0.15) is 0 Å². The van der Waals surface area contributed by atoms with Crippen LogP contribution in [0.25, 0.3) is 10.8 Å². The van der Waals surface area contributed by atoms with Crippen molar-refractivity contribution in [3.8, 4) is 0 Å². The first-order valence-electron chi connectivity index (χ1n) is 9.33. The molecule has 0 aliphatic carbocycles. The third-order valence-corrected chi connectivity index (χ3v) is 4.97. The number of carbonyl (C=O) groups excluding carboxylic acids is 1. The molecule has 0 saturated carbocycles. The van der Waals surface area contributed by atoms with Gasteiger partial charge in [-0.1, -0.05) is 18.2 Å². The summed E-state index contributed by atoms with van der Waals surface area (Å²) in [6.45, 7) is 3.32. The fourth-order valence-electron chi connectivity index (χ4n) is 3.23. The number of alkyl halides is 3. The van der Waals surface area contributed by atoms with E-state index in [9.17, 15) is 27.9 Å². The molecule has 0 aliphatic heterocycles. The lowest BCUT2D eigenvalue weighted by molar-refractivity contribution is -0.137. The van der Waals surface area contributed by atoms with Gasteiger partial charge in [-0.2, -0.15) is 13.2 Å². The third kappa shape index (κ3) is 4.38. The van der Waals surface area contributed by atoms with Gasteiger partial charge >= 0.3 is 6.18 Å². The molecule has 0 fully saturated rings. The molecule has 0 aliphatic rings. The van der Waals surface area contributed by atoms with Gasteiger partial charge in [-0.15, -0.1) is 0 Å². The molecule has 2 aromatic carbocycles. The van der Waals surface area contributed by atoms with Crippen molar-refractivity contribution >= 4 is 22.4 Å². The minimum absolute atomic E-state index is 0.105. The van der Waals surface area contributed by atoms with Crippen molar-refractivity contribution < 1.29 is 23.1 Å². The van der Waals surface area contributed by atoms with Crippen LogP contribution in [0.15, 0.2) is 53.5 Å². The lowest BCUT2D eigenvalue weighted by atomic mass is 10.0. The summed E-state index contributed by atoms with van der Waals surface area (Å²) < 4.78 is 39.4. The van der Waals surface area contributed by atoms with Gasteiger partial charge in [0, 0.05) is 17.0 Å². The first-order valence-corrected chi connectivity index (χ1v) is 9.33. The highest BCUT2D eigenvalue weighted by molar-refractivity contribution is 6.03. The molecule has 30 heavy (non-hydrogen) atoms. The van der Waals surface area contributed by atoms with Crippen molar-refractivity contribution in [1.29, 1.82) is 0 Å². The Morgan fingerprint density at radius 3 is 2.37 bits per heavy atom. The molecule has 3 aromatic rings. The zero-order valence-electron chi connectivity index (χ0n) is 16.5. The summed E-state index contributed by atoms with van der Waals surface area (Å²) in [6.07, 6.45) is -2.97. The number of aliphatic hydroxyl groups is 1. The van der Waals surface area contributed by atoms with Gasteiger partial charge in [0.15, 0.2) is 0 Å². The molecule has 1 unspecified atom stereocenters. The van der Waals surface area contributed by atoms with E-state index in [1.54, 1.807) is 38.2 Å². The van der Waals surface area contributed by atoms with Crippen LogP contribution in [0.2, 0.25) is 0 Å². The largest absolute Gasteiger partial charge is 0.416 e. The third-order valence-electron chi connectivity index (χ3n) is 4.97. The summed E-state index contributed by atoms with van der Waals surface area (Å²) in [4.78, 5) is 25.2. The maximum Gasteiger partial charge on any atom is 0.416 e. The molecule has 5 nitrogen and oxygen atoms in total. The van der Waals surface area contributed by atoms with Gasteiger partial charge in [0.05, 0.1) is 30.3 Å². The minimum Gasteiger partial charge on any atom is -0.394 e. The van der Waals surface area contributed by atoms with E-state index in [-0.39, 0.29) is 24.6 Å². The van der Waals surface area contributed by atoms with Crippen molar-refractivity contribution in [2.45, 2.75) is 32.5 Å². The fourth-order valence-corrected chi connectivity index (χ4v) is 3.23. The van der Waals surface area contributed by atoms with E-state index >= 15 is 0 Å². The minimum atomic E-state index is -4.43. The van der Waals surface area contributed by atoms with Crippen molar-refractivity contribution in [1.82, 2.24) is 4.57 Å². The second-order valence-corrected chi connectivity index (χ2v) is 7.20. The van der Waals surface area contributed by atoms with E-state index in [1.165, 1.54) is 16.7 Å². The highest BCUT2D eigenvalue weighted by atomic mass is 19.4. The smallest absolute Gasteiger partial charge is 0.394 e. The number of rotatable bonds is 5. The molecule has 8 heteroatoms. The number of amides is 1. The van der Waals surface area contributed by atoms with Crippen molar-refractivity contribution in [2.75, 3.05) is 11.9 Å². The van der Waals surface area contributed by atoms with Crippen molar-refractivity contribution in [2.24, 2.45) is 0 Å². The summed E-state index contributed by atoms with van der Waals surface area (Å²) >= 11 is 0. The Labute approximate surface area is 170 Å². The van der Waals surface area contributed by atoms with Gasteiger partial charge in [-0.25, -0.2) is 0 Å². The lowest BCUT2D eigenvalue weighted by Gasteiger charge is -2.16. The van der Waals surface area contributed by atoms with Gasteiger partial charge in [0.2, 0.25) is 5.91 Å². The van der Waals surface area contributed by atoms with Crippen LogP contribution in [0.3, 0.4) is 0 Å². The van der Waals surface area contributed by atoms with E-state index < -0.39 is 17.6 Å². The quantitative estimate of drug-likeness (QED) is 0.656. The molecule has 3 rings (SSSR count). The number of aromatic nitrogens is 1. The van der Waals surface area contributed by atoms with Crippen LogP contribution in [0, 0.1) is 6.92 Å². The lowest BCUT2D eigenvalue weighted by Crippen LogP contribution is -2.25. The van der Waals surface area contributed by atoms with Crippen LogP contribution in [0.4, 0.5) is 18.9 Å². The number of nitrogens with zero attached hydrogens (tertiary/aromatic N) is 1. The number of carbonyl (C=O) groups is 1. The number of halogens is 3. The maximum absolute atomic E-state index is 12.7. The summed E-state index contributed by atoms with van der Waals surface area (Å²) in [5.41, 5.74) is 0.607. The molecule has 0 bridgehead atoms. The zero-order valence-corrected chi connectivity index (χ0v) is 16.5. The number of aryl methyl sites for hydroxylation is 1. The Morgan fingerprint density at radius 2 is 1.77 bits per heavy atom. The normalized spacial score (nSPS) is 12.7. The molecular formula is C22H21F3N2O3. The Kier molecular flexibility index (Phi) is 5.98. The molecule has 0 radical (unpaired) electrons. The highest BCUT2D eigenvalue weighted by Gasteiger charge is 2.30. The maximum atomic E-state index is 12.7. The average Bonchev–Trinajstić information content (AvgIpc) is 2.69. The monoisotopic (exact) mass is 418 g/mol. The van der Waals surface area contributed by atoms with E-state index in [2.05, 4.69) is 5.32 Å². The summed E-state index contributed by atoms with van der Waals surface area (Å²) in [7, 11) is 0. The molecule has 1 atom stereocenters. The summed E-state index contributed by atoms with van der Waals surface area (Å²) in [6, 6.07) is 9.11. The van der Waals surface area contributed by atoms with Crippen molar-refractivity contribution in [3.63, 3.8) is 0 Å². The van der Waals surface area contributed by atoms with E-state index in [1.807, 2.05) is 0 Å². The SMILES string of the molecule is Cc1ccc2c(=O)n(C(C)CO)ccc2c1NC(=O)Cc1ccc(C(F)(F)F)cc1. The van der Waals surface area contributed by atoms with Crippen LogP contribution >= 0.6 is 0 Å². The number of fused-ring (bicyclic) bond motifs is 1. The van der Waals surface area contributed by atoms with Crippen LogP contribution in [-0.2, 0) is 17.4 Å². The van der Waals surface area contributed by atoms with Crippen LogP contribution in [0.5, 0.6) is 0 Å². The van der Waals surface area contributed by atoms with Crippen LogP contribution in [0.1, 0.15) is 29.7 Å². The molecule has 0 saturated heterocycles. The first-order chi connectivity index (χ1) is 14.1. The molecule has 0 spiro atoms. The predicted octanol–water partition coefficient (Wildman–Crippen LogP) is 4.06. The highest BCUT2D eigenvalue weighted by Crippen LogP contribution is 2.29. The molecule has 1 aromatic heterocycles. The van der Waals surface area contributed by atoms with E-state index in [4.69, 9.17) is 0 Å². The Bertz CT molecular complexity index is 1140. The molecule has 1 heterocycles. The van der Waals surface area contributed by atoms with Gasteiger partial charge in [0.25, 0.3) is 5.56 Å². The van der Waals surface area contributed by atoms with E-state index in [0.717, 1.165) is 17.7 Å². The van der Waals surface area contributed by atoms with Crippen LogP contribution in [-0.4, -0.2) is 22.2 Å². The number of hydrogen-bond donors (Lipinski definition) is 2. The fraction of sp³-hybridized carbons (Fsp3) is 0.273. The summed E-state index contributed by atoms with van der Waals surface area (Å²) in [5.74, 6) is -0.404. The number of anilines is 1. The number of hydrogen-bond acceptors (Lipinski definition) is 3. The Morgan fingerprint density at radius 1 is 1.10 bits per heavy atom. The first kappa shape index (κ1) is 21.6. The predicted molar refractivity (Wildman–Crippen MR) is 109 cm³/mol. The second-order valence-electron chi connectivity index (χ2n) is 7.20. The van der Waals surface area contributed by atoms with Gasteiger partial charge in [-0.3, -0.25) is 9.59 Å². The average molecular weight is 418 g/mol. The Hall–Kier alpha value is -3.13. The topological polar surface area (TPSA) is 71.3 Å². The Balaban J connectivity index is 1.88. The molecule has 1 amide bonds. The van der Waals surface area contributed by atoms with Gasteiger partial charge in [-0.05, 0) is 49.2 Å². The molecule has 2 N–H and O–H groups in total.